The summed E-state index contributed by atoms with van der Waals surface area (Å²) in [5.41, 5.74) is 5.64. The molecule has 0 aliphatic heterocycles. The molecule has 0 unspecified atom stereocenters. The van der Waals surface area contributed by atoms with Gasteiger partial charge in [0, 0.05) is 0 Å². The van der Waals surface area contributed by atoms with Gasteiger partial charge in [-0.25, -0.2) is 0 Å². The van der Waals surface area contributed by atoms with Crippen molar-refractivity contribution in [2.24, 2.45) is 9.98 Å². The number of benzene rings is 2. The molecule has 7 heteroatoms. The molecule has 2 aromatic carbocycles. The van der Waals surface area contributed by atoms with Gasteiger partial charge in [0.05, 0.1) is 32.8 Å². The second-order valence-electron chi connectivity index (χ2n) is 5.78. The van der Waals surface area contributed by atoms with Crippen molar-refractivity contribution in [3.8, 4) is 0 Å². The van der Waals surface area contributed by atoms with Gasteiger partial charge < -0.3 is 0 Å². The third-order valence-electron chi connectivity index (χ3n) is 3.72. The maximum atomic E-state index is 6.31. The molecule has 0 amide bonds. The first-order valence-electron chi connectivity index (χ1n) is 8.36. The van der Waals surface area contributed by atoms with Crippen LogP contribution in [0.25, 0.3) is 0 Å². The Balaban J connectivity index is 0.00000114. The number of hydrogen-bond donors (Lipinski definition) is 0. The van der Waals surface area contributed by atoms with Gasteiger partial charge in [-0.1, -0.05) is 49.2 Å². The molecular formula is C20H22Br2Cl2N2Ni. The van der Waals surface area contributed by atoms with E-state index in [9.17, 15) is 0 Å². The zero-order valence-corrected chi connectivity index (χ0v) is 21.3. The first-order valence-corrected chi connectivity index (χ1v) is 14.0. The van der Waals surface area contributed by atoms with Gasteiger partial charge in [0.25, 0.3) is 0 Å². The summed E-state index contributed by atoms with van der Waals surface area (Å²) in [4.78, 5) is 9.49. The fourth-order valence-corrected chi connectivity index (χ4v) is 2.95. The summed E-state index contributed by atoms with van der Waals surface area (Å²) in [6.45, 7) is 8.17. The van der Waals surface area contributed by atoms with Gasteiger partial charge in [-0.2, -0.15) is 0 Å². The summed E-state index contributed by atoms with van der Waals surface area (Å²) in [5.74, 6) is 0. The zero-order valence-electron chi connectivity index (χ0n) is 15.6. The Morgan fingerprint density at radius 1 is 0.815 bits per heavy atom. The van der Waals surface area contributed by atoms with E-state index in [0.29, 0.717) is 10.0 Å². The second-order valence-corrected chi connectivity index (χ2v) is 11.6. The predicted octanol–water partition coefficient (Wildman–Crippen LogP) is 8.96. The van der Waals surface area contributed by atoms with Crippen molar-refractivity contribution in [1.29, 1.82) is 0 Å². The van der Waals surface area contributed by atoms with Gasteiger partial charge in [0.15, 0.2) is 0 Å². The third-order valence-corrected chi connectivity index (χ3v) is 4.33. The summed E-state index contributed by atoms with van der Waals surface area (Å²) in [7, 11) is 1.25. The van der Waals surface area contributed by atoms with Gasteiger partial charge in [-0.15, -0.1) is 0 Å². The monoisotopic (exact) mass is 576 g/mol. The molecule has 0 bridgehead atoms. The van der Waals surface area contributed by atoms with Crippen LogP contribution in [0.1, 0.15) is 37.8 Å². The minimum absolute atomic E-state index is 0.657. The number of rotatable bonds is 5. The fraction of sp³-hybridized carbons (Fsp3) is 0.300. The molecule has 0 N–H and O–H groups in total. The van der Waals surface area contributed by atoms with Crippen LogP contribution in [-0.2, 0) is 10.9 Å². The van der Waals surface area contributed by atoms with Crippen LogP contribution in [-0.4, -0.2) is 11.4 Å². The van der Waals surface area contributed by atoms with Gasteiger partial charge >= 0.3 is 39.3 Å². The zero-order chi connectivity index (χ0) is 20.4. The normalized spacial score (nSPS) is 12.0. The van der Waals surface area contributed by atoms with Crippen molar-refractivity contribution < 1.29 is 10.9 Å². The number of nitrogens with zero attached hydrogens (tertiary/aromatic N) is 2. The van der Waals surface area contributed by atoms with Crippen LogP contribution >= 0.6 is 51.7 Å². The van der Waals surface area contributed by atoms with E-state index >= 15 is 0 Å². The molecule has 2 rings (SSSR count). The van der Waals surface area contributed by atoms with E-state index in [2.05, 4.69) is 42.3 Å². The standard InChI is InChI=1S/C20H22Cl2N2.2BrH.Ni/c1-5-17(23-19-9-7-13(3)11-15(19)21)18(6-2)24-20-10-8-14(4)12-16(20)22;;;/h7-12H,5-6H2,1-4H3;2*1H;/q;;;+2/p-2. The SMILES string of the molecule is CCC(=Nc1ccc(C)cc1Cl)C(CC)=Nc1ccc(C)cc1Cl.[Br][Ni][Br]. The summed E-state index contributed by atoms with van der Waals surface area (Å²) in [5, 5.41) is 1.31. The van der Waals surface area contributed by atoms with Crippen molar-refractivity contribution in [3.05, 3.63) is 57.6 Å². The molecule has 0 fully saturated rings. The topological polar surface area (TPSA) is 24.7 Å². The van der Waals surface area contributed by atoms with Crippen LogP contribution in [0.2, 0.25) is 10.0 Å². The minimum atomic E-state index is 0.657. The van der Waals surface area contributed by atoms with Crippen molar-refractivity contribution >= 4 is 74.5 Å². The Bertz CT molecular complexity index is 756. The number of hydrogen-bond acceptors (Lipinski definition) is 2. The van der Waals surface area contributed by atoms with Gasteiger partial charge in [-0.3, -0.25) is 9.98 Å². The molecule has 150 valence electrons. The summed E-state index contributed by atoms with van der Waals surface area (Å²) in [6.07, 6.45) is 1.56. The van der Waals surface area contributed by atoms with Crippen LogP contribution < -0.4 is 0 Å². The van der Waals surface area contributed by atoms with E-state index < -0.39 is 0 Å². The first-order chi connectivity index (χ1) is 12.9. The number of aryl methyl sites for hydroxylation is 2. The average molecular weight is 580 g/mol. The van der Waals surface area contributed by atoms with Gasteiger partial charge in [0.1, 0.15) is 0 Å². The Hall–Kier alpha value is -0.186. The molecule has 0 radical (unpaired) electrons. The molecule has 2 nitrogen and oxygen atoms in total. The number of aliphatic imine (C=N–C) groups is 2. The molecule has 0 saturated heterocycles. The summed E-state index contributed by atoms with van der Waals surface area (Å²) in [6, 6.07) is 11.8. The van der Waals surface area contributed by atoms with Gasteiger partial charge in [0.2, 0.25) is 0 Å². The van der Waals surface area contributed by atoms with Gasteiger partial charge in [-0.05, 0) is 62.1 Å². The molecule has 0 saturated carbocycles. The van der Waals surface area contributed by atoms with Crippen LogP contribution in [0.15, 0.2) is 46.4 Å². The number of halogens is 4. The molecule has 0 atom stereocenters. The van der Waals surface area contributed by atoms with Crippen molar-refractivity contribution in [2.75, 3.05) is 0 Å². The predicted molar refractivity (Wildman–Crippen MR) is 125 cm³/mol. The quantitative estimate of drug-likeness (QED) is 0.250. The molecule has 27 heavy (non-hydrogen) atoms. The van der Waals surface area contributed by atoms with Crippen LogP contribution in [0.4, 0.5) is 11.4 Å². The second kappa shape index (κ2) is 13.1. The van der Waals surface area contributed by atoms with Crippen LogP contribution in [0.5, 0.6) is 0 Å². The van der Waals surface area contributed by atoms with Crippen LogP contribution in [0, 0.1) is 13.8 Å². The average Bonchev–Trinajstić information content (AvgIpc) is 2.62. The molecule has 0 aliphatic rings. The van der Waals surface area contributed by atoms with E-state index in [4.69, 9.17) is 33.2 Å². The molecular weight excluding hydrogens is 558 g/mol. The van der Waals surface area contributed by atoms with Crippen molar-refractivity contribution in [2.45, 2.75) is 40.5 Å². The van der Waals surface area contributed by atoms with Crippen molar-refractivity contribution in [1.82, 2.24) is 0 Å². The first kappa shape index (κ1) is 24.9. The Kier molecular flexibility index (Phi) is 12.1. The Morgan fingerprint density at radius 2 is 1.15 bits per heavy atom. The third kappa shape index (κ3) is 8.37. The molecule has 2 aromatic rings. The van der Waals surface area contributed by atoms with Crippen molar-refractivity contribution in [3.63, 3.8) is 0 Å². The fourth-order valence-electron chi connectivity index (χ4n) is 2.39. The summed E-state index contributed by atoms with van der Waals surface area (Å²) < 4.78 is 0. The molecule has 0 heterocycles. The van der Waals surface area contributed by atoms with E-state index in [1.165, 1.54) is 10.9 Å². The maximum absolute atomic E-state index is 6.31. The molecule has 0 spiro atoms. The molecule has 0 aliphatic carbocycles. The molecule has 0 aromatic heterocycles. The van der Waals surface area contributed by atoms with Crippen LogP contribution in [0.3, 0.4) is 0 Å². The summed E-state index contributed by atoms with van der Waals surface area (Å²) >= 11 is 18.6. The Labute approximate surface area is 192 Å². The van der Waals surface area contributed by atoms with E-state index in [-0.39, 0.29) is 0 Å². The van der Waals surface area contributed by atoms with E-state index in [1.807, 2.05) is 50.2 Å². The van der Waals surface area contributed by atoms with E-state index in [0.717, 1.165) is 46.8 Å². The van der Waals surface area contributed by atoms with E-state index in [1.54, 1.807) is 0 Å². The Morgan fingerprint density at radius 3 is 1.41 bits per heavy atom.